The Balaban J connectivity index is 2.14. The summed E-state index contributed by atoms with van der Waals surface area (Å²) in [6.45, 7) is 1.08. The normalized spacial score (nSPS) is 17.3. The average molecular weight is 271 g/mol. The third-order valence-corrected chi connectivity index (χ3v) is 4.97. The third-order valence-electron chi connectivity index (χ3n) is 2.86. The van der Waals surface area contributed by atoms with Gasteiger partial charge in [0.05, 0.1) is 10.1 Å². The van der Waals surface area contributed by atoms with Crippen molar-refractivity contribution in [2.45, 2.75) is 10.1 Å². The van der Waals surface area contributed by atoms with Crippen LogP contribution >= 0.6 is 0 Å². The van der Waals surface area contributed by atoms with E-state index >= 15 is 0 Å². The van der Waals surface area contributed by atoms with Crippen LogP contribution in [-0.4, -0.2) is 56.1 Å². The van der Waals surface area contributed by atoms with E-state index in [-0.39, 0.29) is 15.9 Å². The number of rotatable bonds is 4. The summed E-state index contributed by atoms with van der Waals surface area (Å²) in [4.78, 5) is 2.15. The molecule has 1 heterocycles. The molecule has 2 N–H and O–H groups in total. The summed E-state index contributed by atoms with van der Waals surface area (Å²) in [5.74, 6) is 0.203. The van der Waals surface area contributed by atoms with E-state index < -0.39 is 17.2 Å². The van der Waals surface area contributed by atoms with Crippen molar-refractivity contribution in [2.24, 2.45) is 0 Å². The summed E-state index contributed by atoms with van der Waals surface area (Å²) in [6.07, 6.45) is 0. The standard InChI is InChI=1S/C10H14BNO5S/c1-12-6-10(7-12)18(15,16)9-4-2-8(3-5-9)17-11(13)14/h2-5,10,13-14H,6-7H2,1H3. The van der Waals surface area contributed by atoms with Gasteiger partial charge in [-0.15, -0.1) is 0 Å². The van der Waals surface area contributed by atoms with Gasteiger partial charge in [0.1, 0.15) is 5.75 Å². The molecule has 0 spiro atoms. The van der Waals surface area contributed by atoms with Crippen molar-refractivity contribution < 1.29 is 23.1 Å². The van der Waals surface area contributed by atoms with Gasteiger partial charge in [-0.05, 0) is 31.3 Å². The first-order valence-electron chi connectivity index (χ1n) is 5.45. The van der Waals surface area contributed by atoms with Crippen molar-refractivity contribution >= 4 is 17.2 Å². The average Bonchev–Trinajstić information content (AvgIpc) is 2.24. The first-order chi connectivity index (χ1) is 8.39. The fourth-order valence-corrected chi connectivity index (χ4v) is 3.66. The molecule has 6 nitrogen and oxygen atoms in total. The summed E-state index contributed by atoms with van der Waals surface area (Å²) in [7, 11) is -3.35. The molecule has 8 heteroatoms. The summed E-state index contributed by atoms with van der Waals surface area (Å²) in [5, 5.41) is 16.9. The summed E-state index contributed by atoms with van der Waals surface area (Å²) >= 11 is 0. The van der Waals surface area contributed by atoms with E-state index in [1.165, 1.54) is 24.3 Å². The highest BCUT2D eigenvalue weighted by Crippen LogP contribution is 2.24. The van der Waals surface area contributed by atoms with Crippen LogP contribution in [0.4, 0.5) is 0 Å². The smallest absolute Gasteiger partial charge is 0.512 e. The molecule has 0 saturated carbocycles. The number of hydrogen-bond acceptors (Lipinski definition) is 6. The van der Waals surface area contributed by atoms with Crippen LogP contribution in [0.25, 0.3) is 0 Å². The van der Waals surface area contributed by atoms with Gasteiger partial charge in [0.2, 0.25) is 0 Å². The van der Waals surface area contributed by atoms with E-state index in [9.17, 15) is 8.42 Å². The van der Waals surface area contributed by atoms with E-state index in [0.717, 1.165) is 0 Å². The molecule has 2 rings (SSSR count). The first-order valence-corrected chi connectivity index (χ1v) is 6.99. The van der Waals surface area contributed by atoms with Crippen LogP contribution in [0.2, 0.25) is 0 Å². The van der Waals surface area contributed by atoms with Crippen molar-refractivity contribution in [3.8, 4) is 5.75 Å². The van der Waals surface area contributed by atoms with Gasteiger partial charge in [0.25, 0.3) is 0 Å². The zero-order chi connectivity index (χ0) is 13.3. The number of nitrogens with zero attached hydrogens (tertiary/aromatic N) is 1. The molecule has 98 valence electrons. The SMILES string of the molecule is CN1CC(S(=O)(=O)c2ccc(OB(O)O)cc2)C1. The van der Waals surface area contributed by atoms with Crippen LogP contribution in [0, 0.1) is 0 Å². The molecule has 0 radical (unpaired) electrons. The molecule has 0 atom stereocenters. The van der Waals surface area contributed by atoms with Gasteiger partial charge in [0.15, 0.2) is 9.84 Å². The maximum atomic E-state index is 12.1. The second-order valence-electron chi connectivity index (χ2n) is 4.30. The van der Waals surface area contributed by atoms with Crippen molar-refractivity contribution in [1.29, 1.82) is 0 Å². The molecule has 1 aliphatic rings. The minimum Gasteiger partial charge on any atom is -0.512 e. The second-order valence-corrected chi connectivity index (χ2v) is 6.53. The Morgan fingerprint density at radius 2 is 1.83 bits per heavy atom. The molecule has 18 heavy (non-hydrogen) atoms. The number of likely N-dealkylation sites (tertiary alicyclic amines) is 1. The third kappa shape index (κ3) is 2.67. The Morgan fingerprint density at radius 1 is 1.28 bits per heavy atom. The van der Waals surface area contributed by atoms with E-state index in [0.29, 0.717) is 13.1 Å². The lowest BCUT2D eigenvalue weighted by molar-refractivity contribution is 0.232. The van der Waals surface area contributed by atoms with Gasteiger partial charge in [-0.2, -0.15) is 0 Å². The van der Waals surface area contributed by atoms with Crippen molar-refractivity contribution in [1.82, 2.24) is 4.90 Å². The molecule has 1 fully saturated rings. The Hall–Kier alpha value is -1.09. The molecule has 1 aliphatic heterocycles. The minimum atomic E-state index is -3.30. The van der Waals surface area contributed by atoms with Crippen LogP contribution in [-0.2, 0) is 9.84 Å². The van der Waals surface area contributed by atoms with E-state index in [1.54, 1.807) is 0 Å². The van der Waals surface area contributed by atoms with Gasteiger partial charge in [-0.25, -0.2) is 8.42 Å². The second kappa shape index (κ2) is 4.89. The molecule has 1 aromatic carbocycles. The first kappa shape index (κ1) is 13.3. The summed E-state index contributed by atoms with van der Waals surface area (Å²) in [5.41, 5.74) is 0. The molecule has 0 aromatic heterocycles. The Morgan fingerprint density at radius 3 is 2.28 bits per heavy atom. The molecule has 1 aromatic rings. The lowest BCUT2D eigenvalue weighted by atomic mass is 10.2. The van der Waals surface area contributed by atoms with E-state index in [4.69, 9.17) is 10.0 Å². The van der Waals surface area contributed by atoms with Gasteiger partial charge in [-0.3, -0.25) is 0 Å². The topological polar surface area (TPSA) is 87.1 Å². The number of benzene rings is 1. The molecule has 0 aliphatic carbocycles. The van der Waals surface area contributed by atoms with E-state index in [2.05, 4.69) is 4.65 Å². The van der Waals surface area contributed by atoms with Crippen LogP contribution in [0.3, 0.4) is 0 Å². The largest absolute Gasteiger partial charge is 0.707 e. The highest BCUT2D eigenvalue weighted by atomic mass is 32.2. The quantitative estimate of drug-likeness (QED) is 0.692. The predicted molar refractivity (Wildman–Crippen MR) is 65.7 cm³/mol. The van der Waals surface area contributed by atoms with Gasteiger partial charge >= 0.3 is 7.32 Å². The fraction of sp³-hybridized carbons (Fsp3) is 0.400. The fourth-order valence-electron chi connectivity index (χ4n) is 1.86. The van der Waals surface area contributed by atoms with Crippen LogP contribution in [0.5, 0.6) is 5.75 Å². The van der Waals surface area contributed by atoms with Crippen molar-refractivity contribution in [2.75, 3.05) is 20.1 Å². The Labute approximate surface area is 106 Å². The van der Waals surface area contributed by atoms with Crippen LogP contribution in [0.1, 0.15) is 0 Å². The molecular formula is C10H14BNO5S. The van der Waals surface area contributed by atoms with Gasteiger partial charge in [0, 0.05) is 13.1 Å². The Kier molecular flexibility index (Phi) is 3.62. The summed E-state index contributed by atoms with van der Waals surface area (Å²) in [6, 6.07) is 5.61. The van der Waals surface area contributed by atoms with Gasteiger partial charge < -0.3 is 19.6 Å². The minimum absolute atomic E-state index is 0.203. The molecular weight excluding hydrogens is 257 g/mol. The predicted octanol–water partition coefficient (Wildman–Crippen LogP) is -0.877. The van der Waals surface area contributed by atoms with Crippen LogP contribution < -0.4 is 4.65 Å². The highest BCUT2D eigenvalue weighted by molar-refractivity contribution is 7.92. The maximum Gasteiger partial charge on any atom is 0.707 e. The van der Waals surface area contributed by atoms with E-state index in [1.807, 2.05) is 11.9 Å². The molecule has 0 amide bonds. The van der Waals surface area contributed by atoms with Crippen LogP contribution in [0.15, 0.2) is 29.2 Å². The lowest BCUT2D eigenvalue weighted by Gasteiger charge is -2.35. The maximum absolute atomic E-state index is 12.1. The van der Waals surface area contributed by atoms with Crippen molar-refractivity contribution in [3.63, 3.8) is 0 Å². The lowest BCUT2D eigenvalue weighted by Crippen LogP contribution is -2.52. The Bertz CT molecular complexity index is 510. The van der Waals surface area contributed by atoms with Gasteiger partial charge in [-0.1, -0.05) is 0 Å². The zero-order valence-corrected chi connectivity index (χ0v) is 10.7. The summed E-state index contributed by atoms with van der Waals surface area (Å²) < 4.78 is 28.9. The highest BCUT2D eigenvalue weighted by Gasteiger charge is 2.36. The number of hydrogen-bond donors (Lipinski definition) is 2. The molecule has 0 bridgehead atoms. The molecule has 1 saturated heterocycles. The zero-order valence-electron chi connectivity index (χ0n) is 9.85. The monoisotopic (exact) mass is 271 g/mol. The van der Waals surface area contributed by atoms with Crippen molar-refractivity contribution in [3.05, 3.63) is 24.3 Å². The number of sulfone groups is 1. The molecule has 0 unspecified atom stereocenters.